The number of hydrogen-bond donors (Lipinski definition) is 1. The summed E-state index contributed by atoms with van der Waals surface area (Å²) in [6, 6.07) is 12.1. The molecule has 36 heavy (non-hydrogen) atoms. The van der Waals surface area contributed by atoms with Crippen molar-refractivity contribution >= 4 is 28.6 Å². The largest absolute Gasteiger partial charge is 0.491 e. The summed E-state index contributed by atoms with van der Waals surface area (Å²) >= 11 is 0. The van der Waals surface area contributed by atoms with E-state index in [4.69, 9.17) is 19.2 Å². The van der Waals surface area contributed by atoms with Gasteiger partial charge in [-0.3, -0.25) is 0 Å². The smallest absolute Gasteiger partial charge is 0.338 e. The Kier molecular flexibility index (Phi) is 7.59. The highest BCUT2D eigenvalue weighted by Gasteiger charge is 2.35. The molecule has 1 N–H and O–H groups in total. The number of hydrogen-bond acceptors (Lipinski definition) is 6. The Labute approximate surface area is 214 Å². The quantitative estimate of drug-likeness (QED) is 0.345. The summed E-state index contributed by atoms with van der Waals surface area (Å²) in [5, 5.41) is 3.54. The zero-order valence-electron chi connectivity index (χ0n) is 22.6. The number of ether oxygens (including phenoxy) is 3. The van der Waals surface area contributed by atoms with Crippen molar-refractivity contribution in [2.45, 2.75) is 72.6 Å². The minimum atomic E-state index is -0.388. The molecule has 0 bridgehead atoms. The van der Waals surface area contributed by atoms with Crippen molar-refractivity contribution in [3.05, 3.63) is 47.5 Å². The van der Waals surface area contributed by atoms with Crippen LogP contribution in [0.3, 0.4) is 0 Å². The average Bonchev–Trinajstić information content (AvgIpc) is 3.14. The second-order valence-electron chi connectivity index (χ2n) is 11.1. The van der Waals surface area contributed by atoms with E-state index in [-0.39, 0.29) is 23.5 Å². The number of methoxy groups -OCH3 is 2. The van der Waals surface area contributed by atoms with Gasteiger partial charge in [-0.15, -0.1) is 0 Å². The second kappa shape index (κ2) is 10.5. The fraction of sp³-hybridized carbons (Fsp3) is 0.517. The SMILES string of the molecule is COCc1cc2c(cc1C(=O)OC)nc(Nc1ccc(OC(C)C)cc1)n2C1CC(C)CC(C)(C)C1. The van der Waals surface area contributed by atoms with Crippen molar-refractivity contribution < 1.29 is 19.0 Å². The van der Waals surface area contributed by atoms with Gasteiger partial charge in [0.1, 0.15) is 5.75 Å². The lowest BCUT2D eigenvalue weighted by Crippen LogP contribution is -2.29. The topological polar surface area (TPSA) is 74.6 Å². The third-order valence-corrected chi connectivity index (χ3v) is 6.83. The molecule has 4 rings (SSSR count). The average molecular weight is 494 g/mol. The highest BCUT2D eigenvalue weighted by Crippen LogP contribution is 2.46. The van der Waals surface area contributed by atoms with E-state index in [1.54, 1.807) is 7.11 Å². The zero-order chi connectivity index (χ0) is 26.0. The first-order valence-electron chi connectivity index (χ1n) is 12.8. The lowest BCUT2D eigenvalue weighted by Gasteiger charge is -2.40. The molecule has 1 aromatic heterocycles. The van der Waals surface area contributed by atoms with Crippen LogP contribution in [-0.4, -0.2) is 35.8 Å². The maximum absolute atomic E-state index is 12.5. The summed E-state index contributed by atoms with van der Waals surface area (Å²) in [6.45, 7) is 11.4. The first-order chi connectivity index (χ1) is 17.1. The third-order valence-electron chi connectivity index (χ3n) is 6.83. The predicted octanol–water partition coefficient (Wildman–Crippen LogP) is 6.89. The molecule has 1 fully saturated rings. The minimum Gasteiger partial charge on any atom is -0.491 e. The van der Waals surface area contributed by atoms with Crippen LogP contribution < -0.4 is 10.1 Å². The van der Waals surface area contributed by atoms with Crippen LogP contribution in [-0.2, 0) is 16.1 Å². The van der Waals surface area contributed by atoms with Gasteiger partial charge in [0.05, 0.1) is 36.4 Å². The first kappa shape index (κ1) is 26.0. The van der Waals surface area contributed by atoms with Gasteiger partial charge in [0.25, 0.3) is 0 Å². The summed E-state index contributed by atoms with van der Waals surface area (Å²) in [6.07, 6.45) is 3.45. The van der Waals surface area contributed by atoms with Gasteiger partial charge in [-0.2, -0.15) is 0 Å². The Morgan fingerprint density at radius 1 is 1.17 bits per heavy atom. The number of nitrogens with zero attached hydrogens (tertiary/aromatic N) is 2. The Morgan fingerprint density at radius 2 is 1.89 bits per heavy atom. The molecule has 0 aliphatic heterocycles. The highest BCUT2D eigenvalue weighted by molar-refractivity contribution is 5.96. The first-order valence-corrected chi connectivity index (χ1v) is 12.8. The fourth-order valence-electron chi connectivity index (χ4n) is 5.73. The fourth-order valence-corrected chi connectivity index (χ4v) is 5.73. The number of rotatable bonds is 8. The number of fused-ring (bicyclic) bond motifs is 1. The molecular weight excluding hydrogens is 454 g/mol. The molecule has 0 saturated heterocycles. The van der Waals surface area contributed by atoms with Gasteiger partial charge in [0.15, 0.2) is 0 Å². The van der Waals surface area contributed by atoms with Gasteiger partial charge >= 0.3 is 5.97 Å². The van der Waals surface area contributed by atoms with Gasteiger partial charge in [0, 0.05) is 18.8 Å². The molecule has 1 aliphatic carbocycles. The maximum atomic E-state index is 12.5. The van der Waals surface area contributed by atoms with Crippen molar-refractivity contribution in [3.63, 3.8) is 0 Å². The zero-order valence-corrected chi connectivity index (χ0v) is 22.6. The molecule has 3 aromatic rings. The maximum Gasteiger partial charge on any atom is 0.338 e. The molecule has 2 atom stereocenters. The summed E-state index contributed by atoms with van der Waals surface area (Å²) < 4.78 is 18.6. The minimum absolute atomic E-state index is 0.120. The van der Waals surface area contributed by atoms with E-state index < -0.39 is 0 Å². The number of nitrogens with one attached hydrogen (secondary N) is 1. The van der Waals surface area contributed by atoms with E-state index in [0.717, 1.165) is 46.8 Å². The molecule has 0 radical (unpaired) electrons. The third kappa shape index (κ3) is 5.67. The molecule has 1 aliphatic rings. The number of imidazole rings is 1. The molecule has 2 unspecified atom stereocenters. The van der Waals surface area contributed by atoms with Gasteiger partial charge in [-0.05, 0) is 86.4 Å². The highest BCUT2D eigenvalue weighted by atomic mass is 16.5. The summed E-state index contributed by atoms with van der Waals surface area (Å²) in [4.78, 5) is 17.5. The summed E-state index contributed by atoms with van der Waals surface area (Å²) in [5.41, 5.74) is 4.18. The van der Waals surface area contributed by atoms with Crippen LogP contribution in [0, 0.1) is 11.3 Å². The Bertz CT molecular complexity index is 1210. The van der Waals surface area contributed by atoms with E-state index in [2.05, 4.69) is 30.7 Å². The molecule has 2 aromatic carbocycles. The number of anilines is 2. The lowest BCUT2D eigenvalue weighted by atomic mass is 9.70. The Hall–Kier alpha value is -3.06. The number of aromatic nitrogens is 2. The van der Waals surface area contributed by atoms with E-state index in [1.807, 2.05) is 50.2 Å². The Morgan fingerprint density at radius 3 is 2.50 bits per heavy atom. The van der Waals surface area contributed by atoms with E-state index in [9.17, 15) is 4.79 Å². The van der Waals surface area contributed by atoms with E-state index >= 15 is 0 Å². The molecular formula is C29H39N3O4. The molecule has 194 valence electrons. The van der Waals surface area contributed by atoms with Crippen LogP contribution in [0.15, 0.2) is 36.4 Å². The molecule has 1 saturated carbocycles. The molecule has 0 spiro atoms. The molecule has 7 nitrogen and oxygen atoms in total. The summed E-state index contributed by atoms with van der Waals surface area (Å²) in [5.74, 6) is 1.81. The second-order valence-corrected chi connectivity index (χ2v) is 11.1. The summed E-state index contributed by atoms with van der Waals surface area (Å²) in [7, 11) is 3.03. The normalized spacial score (nSPS) is 19.4. The van der Waals surface area contributed by atoms with Gasteiger partial charge in [-0.1, -0.05) is 20.8 Å². The molecule has 7 heteroatoms. The number of benzene rings is 2. The van der Waals surface area contributed by atoms with Crippen LogP contribution in [0.4, 0.5) is 11.6 Å². The van der Waals surface area contributed by atoms with Crippen LogP contribution in [0.1, 0.15) is 75.8 Å². The molecule has 1 heterocycles. The van der Waals surface area contributed by atoms with Crippen molar-refractivity contribution in [2.75, 3.05) is 19.5 Å². The van der Waals surface area contributed by atoms with Crippen molar-refractivity contribution in [1.29, 1.82) is 0 Å². The Balaban J connectivity index is 1.82. The van der Waals surface area contributed by atoms with Crippen LogP contribution in [0.2, 0.25) is 0 Å². The van der Waals surface area contributed by atoms with Crippen LogP contribution in [0.25, 0.3) is 11.0 Å². The monoisotopic (exact) mass is 493 g/mol. The van der Waals surface area contributed by atoms with E-state index in [1.165, 1.54) is 13.5 Å². The van der Waals surface area contributed by atoms with Crippen LogP contribution in [0.5, 0.6) is 5.75 Å². The lowest BCUT2D eigenvalue weighted by molar-refractivity contribution is 0.0596. The standard InChI is InChI=1S/C29H39N3O4/c1-18(2)36-23-10-8-21(9-11-23)30-28-31-25-14-24(27(33)35-7)20(17-34-6)13-26(25)32(28)22-12-19(3)15-29(4,5)16-22/h8-11,13-14,18-19,22H,12,15-17H2,1-7H3,(H,30,31). The van der Waals surface area contributed by atoms with Gasteiger partial charge < -0.3 is 24.1 Å². The van der Waals surface area contributed by atoms with Crippen LogP contribution >= 0.6 is 0 Å². The van der Waals surface area contributed by atoms with Crippen molar-refractivity contribution in [2.24, 2.45) is 11.3 Å². The van der Waals surface area contributed by atoms with E-state index in [0.29, 0.717) is 18.1 Å². The van der Waals surface area contributed by atoms with Crippen molar-refractivity contribution in [3.8, 4) is 5.75 Å². The predicted molar refractivity (Wildman–Crippen MR) is 143 cm³/mol. The molecule has 0 amide bonds. The van der Waals surface area contributed by atoms with Gasteiger partial charge in [-0.25, -0.2) is 9.78 Å². The number of carbonyl (C=O) groups excluding carboxylic acids is 1. The van der Waals surface area contributed by atoms with Crippen molar-refractivity contribution in [1.82, 2.24) is 9.55 Å². The van der Waals surface area contributed by atoms with Gasteiger partial charge in [0.2, 0.25) is 5.95 Å². The number of esters is 1. The number of carbonyl (C=O) groups is 1.